The van der Waals surface area contributed by atoms with E-state index >= 15 is 0 Å². The number of halogens is 2. The molecule has 1 atom stereocenters. The number of nitrogens with one attached hydrogen (secondary N) is 1. The first-order valence-electron chi connectivity index (χ1n) is 5.66. The van der Waals surface area contributed by atoms with Crippen molar-refractivity contribution in [3.05, 3.63) is 56.3 Å². The molecule has 20 heavy (non-hydrogen) atoms. The van der Waals surface area contributed by atoms with Crippen LogP contribution in [0.3, 0.4) is 0 Å². The van der Waals surface area contributed by atoms with Gasteiger partial charge in [0.2, 0.25) is 5.95 Å². The van der Waals surface area contributed by atoms with Crippen molar-refractivity contribution in [1.29, 1.82) is 0 Å². The number of rotatable bonds is 4. The minimum atomic E-state index is -0.441. The van der Waals surface area contributed by atoms with Gasteiger partial charge in [-0.2, -0.15) is 0 Å². The molecule has 0 radical (unpaired) electrons. The Morgan fingerprint density at radius 3 is 2.50 bits per heavy atom. The molecule has 0 bridgehead atoms. The van der Waals surface area contributed by atoms with Gasteiger partial charge in [-0.3, -0.25) is 10.1 Å². The monoisotopic (exact) mass is 312 g/mol. The smallest absolute Gasteiger partial charge is 0.269 e. The summed E-state index contributed by atoms with van der Waals surface area (Å²) in [6.07, 6.45) is 0. The summed E-state index contributed by atoms with van der Waals surface area (Å²) in [6.45, 7) is 1.83. The van der Waals surface area contributed by atoms with Crippen LogP contribution in [0.5, 0.6) is 0 Å². The number of aromatic nitrogens is 2. The summed E-state index contributed by atoms with van der Waals surface area (Å²) < 4.78 is 0. The van der Waals surface area contributed by atoms with Gasteiger partial charge in [0.25, 0.3) is 5.69 Å². The van der Waals surface area contributed by atoms with Gasteiger partial charge < -0.3 is 5.32 Å². The molecule has 0 fully saturated rings. The van der Waals surface area contributed by atoms with Crippen LogP contribution in [0, 0.1) is 10.1 Å². The van der Waals surface area contributed by atoms with Crippen molar-refractivity contribution in [1.82, 2.24) is 9.97 Å². The number of hydrogen-bond donors (Lipinski definition) is 1. The lowest BCUT2D eigenvalue weighted by molar-refractivity contribution is -0.384. The second-order valence-corrected chi connectivity index (χ2v) is 4.83. The number of hydrogen-bond acceptors (Lipinski definition) is 5. The van der Waals surface area contributed by atoms with E-state index in [4.69, 9.17) is 23.2 Å². The molecule has 0 aliphatic heterocycles. The Labute approximate surface area is 124 Å². The van der Waals surface area contributed by atoms with E-state index in [0.717, 1.165) is 5.56 Å². The number of benzene rings is 1. The predicted octanol–water partition coefficient (Wildman–Crippen LogP) is 3.86. The average molecular weight is 313 g/mol. The second-order valence-electron chi connectivity index (χ2n) is 4.06. The summed E-state index contributed by atoms with van der Waals surface area (Å²) in [7, 11) is 0. The van der Waals surface area contributed by atoms with Crippen LogP contribution in [-0.2, 0) is 0 Å². The molecule has 0 saturated heterocycles. The SMILES string of the molecule is CC(Nc1nc(Cl)cc(Cl)n1)c1cccc([N+](=O)[O-])c1. The van der Waals surface area contributed by atoms with Crippen LogP contribution in [0.4, 0.5) is 11.6 Å². The highest BCUT2D eigenvalue weighted by atomic mass is 35.5. The molecule has 6 nitrogen and oxygen atoms in total. The summed E-state index contributed by atoms with van der Waals surface area (Å²) in [4.78, 5) is 18.3. The van der Waals surface area contributed by atoms with E-state index in [0.29, 0.717) is 0 Å². The number of non-ortho nitro benzene ring substituents is 1. The van der Waals surface area contributed by atoms with E-state index in [1.165, 1.54) is 18.2 Å². The Morgan fingerprint density at radius 1 is 1.25 bits per heavy atom. The minimum Gasteiger partial charge on any atom is -0.348 e. The number of nitro groups is 1. The molecule has 1 N–H and O–H groups in total. The topological polar surface area (TPSA) is 81.0 Å². The first-order chi connectivity index (χ1) is 9.45. The summed E-state index contributed by atoms with van der Waals surface area (Å²) in [5, 5.41) is 14.2. The lowest BCUT2D eigenvalue weighted by Crippen LogP contribution is -2.09. The Hall–Kier alpha value is -1.92. The van der Waals surface area contributed by atoms with E-state index in [2.05, 4.69) is 15.3 Å². The fourth-order valence-electron chi connectivity index (χ4n) is 1.64. The van der Waals surface area contributed by atoms with Gasteiger partial charge in [-0.15, -0.1) is 0 Å². The highest BCUT2D eigenvalue weighted by Crippen LogP contribution is 2.22. The van der Waals surface area contributed by atoms with Crippen LogP contribution in [0.1, 0.15) is 18.5 Å². The Bertz CT molecular complexity index is 631. The van der Waals surface area contributed by atoms with Crippen LogP contribution >= 0.6 is 23.2 Å². The van der Waals surface area contributed by atoms with Crippen LogP contribution in [0.15, 0.2) is 30.3 Å². The van der Waals surface area contributed by atoms with E-state index in [1.54, 1.807) is 12.1 Å². The van der Waals surface area contributed by atoms with Crippen molar-refractivity contribution in [2.45, 2.75) is 13.0 Å². The quantitative estimate of drug-likeness (QED) is 0.526. The van der Waals surface area contributed by atoms with Crippen LogP contribution in [-0.4, -0.2) is 14.9 Å². The Morgan fingerprint density at radius 2 is 1.90 bits per heavy atom. The largest absolute Gasteiger partial charge is 0.348 e. The van der Waals surface area contributed by atoms with Gasteiger partial charge in [0.15, 0.2) is 0 Å². The van der Waals surface area contributed by atoms with Crippen molar-refractivity contribution >= 4 is 34.8 Å². The van der Waals surface area contributed by atoms with Gasteiger partial charge in [0.05, 0.1) is 11.0 Å². The molecule has 1 aromatic heterocycles. The third kappa shape index (κ3) is 3.55. The van der Waals surface area contributed by atoms with Crippen LogP contribution < -0.4 is 5.32 Å². The maximum Gasteiger partial charge on any atom is 0.269 e. The number of nitro benzene ring substituents is 1. The van der Waals surface area contributed by atoms with Crippen molar-refractivity contribution in [2.75, 3.05) is 5.32 Å². The lowest BCUT2D eigenvalue weighted by Gasteiger charge is -2.14. The molecule has 0 saturated carbocycles. The third-order valence-electron chi connectivity index (χ3n) is 2.59. The highest BCUT2D eigenvalue weighted by molar-refractivity contribution is 6.33. The van der Waals surface area contributed by atoms with Gasteiger partial charge >= 0.3 is 0 Å². The van der Waals surface area contributed by atoms with E-state index < -0.39 is 4.92 Å². The highest BCUT2D eigenvalue weighted by Gasteiger charge is 2.12. The number of nitrogens with zero attached hydrogens (tertiary/aromatic N) is 3. The molecule has 1 aromatic carbocycles. The van der Waals surface area contributed by atoms with E-state index in [-0.39, 0.29) is 28.0 Å². The molecule has 2 aromatic rings. The molecule has 0 spiro atoms. The average Bonchev–Trinajstić information content (AvgIpc) is 2.37. The van der Waals surface area contributed by atoms with Crippen LogP contribution in [0.25, 0.3) is 0 Å². The predicted molar refractivity (Wildman–Crippen MR) is 77.2 cm³/mol. The van der Waals surface area contributed by atoms with Gasteiger partial charge in [-0.25, -0.2) is 9.97 Å². The summed E-state index contributed by atoms with van der Waals surface area (Å²) >= 11 is 11.6. The molecule has 1 heterocycles. The Kier molecular flexibility index (Phi) is 4.36. The molecule has 104 valence electrons. The van der Waals surface area contributed by atoms with E-state index in [1.807, 2.05) is 6.92 Å². The summed E-state index contributed by atoms with van der Waals surface area (Å²) in [5.41, 5.74) is 0.764. The minimum absolute atomic E-state index is 0.0289. The summed E-state index contributed by atoms with van der Waals surface area (Å²) in [6, 6.07) is 7.51. The van der Waals surface area contributed by atoms with Gasteiger partial charge in [-0.05, 0) is 12.5 Å². The summed E-state index contributed by atoms with van der Waals surface area (Å²) in [5.74, 6) is 0.265. The van der Waals surface area contributed by atoms with Crippen molar-refractivity contribution in [3.8, 4) is 0 Å². The third-order valence-corrected chi connectivity index (χ3v) is 2.98. The van der Waals surface area contributed by atoms with Crippen molar-refractivity contribution in [3.63, 3.8) is 0 Å². The normalized spacial score (nSPS) is 11.9. The maximum atomic E-state index is 10.7. The van der Waals surface area contributed by atoms with Crippen molar-refractivity contribution in [2.24, 2.45) is 0 Å². The zero-order valence-corrected chi connectivity index (χ0v) is 11.9. The van der Waals surface area contributed by atoms with Crippen LogP contribution in [0.2, 0.25) is 10.3 Å². The number of anilines is 1. The molecule has 0 amide bonds. The molecule has 2 rings (SSSR count). The lowest BCUT2D eigenvalue weighted by atomic mass is 10.1. The van der Waals surface area contributed by atoms with E-state index in [9.17, 15) is 10.1 Å². The fraction of sp³-hybridized carbons (Fsp3) is 0.167. The standard InChI is InChI=1S/C12H10Cl2N4O2/c1-7(8-3-2-4-9(5-8)18(19)20)15-12-16-10(13)6-11(14)17-12/h2-7H,1H3,(H,15,16,17). The van der Waals surface area contributed by atoms with Crippen molar-refractivity contribution < 1.29 is 4.92 Å². The molecule has 8 heteroatoms. The van der Waals surface area contributed by atoms with Gasteiger partial charge in [0.1, 0.15) is 10.3 Å². The van der Waals surface area contributed by atoms with Gasteiger partial charge in [0, 0.05) is 18.2 Å². The zero-order valence-electron chi connectivity index (χ0n) is 10.4. The second kappa shape index (κ2) is 6.02. The molecular formula is C12H10Cl2N4O2. The van der Waals surface area contributed by atoms with Gasteiger partial charge in [-0.1, -0.05) is 35.3 Å². The molecule has 0 aliphatic rings. The molecule has 1 unspecified atom stereocenters. The first kappa shape index (κ1) is 14.5. The maximum absolute atomic E-state index is 10.7. The first-order valence-corrected chi connectivity index (χ1v) is 6.42. The Balaban J connectivity index is 2.21. The molecule has 0 aliphatic carbocycles. The zero-order chi connectivity index (χ0) is 14.7. The fourth-order valence-corrected chi connectivity index (χ4v) is 2.06. The molecular weight excluding hydrogens is 303 g/mol.